The number of fused-ring (bicyclic) bond motifs is 5. The van der Waals surface area contributed by atoms with E-state index in [0.717, 1.165) is 36.9 Å². The number of ketones is 1. The van der Waals surface area contributed by atoms with E-state index in [9.17, 15) is 9.90 Å². The monoisotopic (exact) mass is 863 g/mol. The minimum atomic E-state index is -0.337. The summed E-state index contributed by atoms with van der Waals surface area (Å²) >= 11 is 5.30. The summed E-state index contributed by atoms with van der Waals surface area (Å²) in [5.74, 6) is 0.286. The first-order chi connectivity index (χ1) is 21.8. The number of pyridine rings is 1. The van der Waals surface area contributed by atoms with Gasteiger partial charge in [0.05, 0.1) is 0 Å². The van der Waals surface area contributed by atoms with Gasteiger partial charge in [0.15, 0.2) is 5.78 Å². The number of thiophene rings is 2. The van der Waals surface area contributed by atoms with E-state index in [0.29, 0.717) is 0 Å². The molecule has 5 aromatic rings. The van der Waals surface area contributed by atoms with Gasteiger partial charge in [-0.25, -0.2) is 0 Å². The van der Waals surface area contributed by atoms with E-state index in [1.54, 1.807) is 23.1 Å². The predicted molar refractivity (Wildman–Crippen MR) is 205 cm³/mol. The molecule has 5 rings (SSSR count). The Balaban J connectivity index is 0.000000290. The van der Waals surface area contributed by atoms with Crippen molar-refractivity contribution in [3.8, 4) is 11.3 Å². The van der Waals surface area contributed by atoms with Crippen molar-refractivity contribution in [3.05, 3.63) is 83.4 Å². The molecular weight excluding hydrogens is 815 g/mol. The molecule has 3 aromatic heterocycles. The Kier molecular flexibility index (Phi) is 13.3. The second-order valence-electron chi connectivity index (χ2n) is 13.5. The largest absolute Gasteiger partial charge is 0.512 e. The van der Waals surface area contributed by atoms with E-state index >= 15 is 0 Å². The molecule has 1 radical (unpaired) electrons. The van der Waals surface area contributed by atoms with Gasteiger partial charge in [-0.2, -0.15) is 11.8 Å². The summed E-state index contributed by atoms with van der Waals surface area (Å²) in [6.07, 6.45) is 6.68. The summed E-state index contributed by atoms with van der Waals surface area (Å²) in [4.78, 5) is 18.2. The van der Waals surface area contributed by atoms with Crippen LogP contribution in [0.25, 0.3) is 41.5 Å². The number of rotatable bonds is 10. The molecule has 0 aliphatic rings. The van der Waals surface area contributed by atoms with Crippen molar-refractivity contribution >= 4 is 70.5 Å². The predicted octanol–water partition coefficient (Wildman–Crippen LogP) is 13.3. The first-order valence-electron chi connectivity index (χ1n) is 16.2. The molecule has 0 aliphatic heterocycles. The molecule has 0 fully saturated rings. The Bertz CT molecular complexity index is 1880. The molecule has 3 nitrogen and oxygen atoms in total. The van der Waals surface area contributed by atoms with E-state index in [1.807, 2.05) is 64.5 Å². The van der Waals surface area contributed by atoms with Crippen molar-refractivity contribution in [2.24, 2.45) is 10.8 Å². The van der Waals surface area contributed by atoms with E-state index in [-0.39, 0.29) is 47.9 Å². The summed E-state index contributed by atoms with van der Waals surface area (Å²) < 4.78 is 3.93. The molecule has 47 heavy (non-hydrogen) atoms. The van der Waals surface area contributed by atoms with Crippen molar-refractivity contribution in [1.29, 1.82) is 0 Å². The molecule has 7 heteroatoms. The second kappa shape index (κ2) is 16.0. The number of aliphatic hydroxyl groups excluding tert-OH is 1. The van der Waals surface area contributed by atoms with Crippen LogP contribution >= 0.6 is 34.4 Å². The average molecular weight is 863 g/mol. The summed E-state index contributed by atoms with van der Waals surface area (Å²) in [7, 11) is 0. The molecule has 0 bridgehead atoms. The number of carbonyl (C=O) groups is 1. The molecule has 253 valence electrons. The smallest absolute Gasteiger partial charge is 0.164 e. The van der Waals surface area contributed by atoms with Gasteiger partial charge in [-0.05, 0) is 65.5 Å². The van der Waals surface area contributed by atoms with Gasteiger partial charge in [-0.3, -0.25) is 4.79 Å². The van der Waals surface area contributed by atoms with Crippen LogP contribution < -0.4 is 0 Å². The van der Waals surface area contributed by atoms with Crippen LogP contribution in [0.4, 0.5) is 0 Å². The Hall–Kier alpha value is -2.28. The summed E-state index contributed by atoms with van der Waals surface area (Å²) in [6, 6.07) is 16.7. The molecule has 0 aliphatic carbocycles. The molecule has 0 amide bonds. The molecule has 0 spiro atoms. The summed E-state index contributed by atoms with van der Waals surface area (Å²) in [6.45, 7) is 22.7. The van der Waals surface area contributed by atoms with E-state index in [2.05, 4.69) is 75.2 Å². The maximum absolute atomic E-state index is 12.2. The second-order valence-corrected chi connectivity index (χ2v) is 16.5. The van der Waals surface area contributed by atoms with E-state index in [1.165, 1.54) is 46.8 Å². The van der Waals surface area contributed by atoms with Crippen LogP contribution in [-0.2, 0) is 30.3 Å². The van der Waals surface area contributed by atoms with Crippen molar-refractivity contribution in [3.63, 3.8) is 0 Å². The van der Waals surface area contributed by atoms with Crippen molar-refractivity contribution in [2.45, 2.75) is 98.3 Å². The van der Waals surface area contributed by atoms with Crippen molar-refractivity contribution in [2.75, 3.05) is 0 Å². The topological polar surface area (TPSA) is 50.2 Å². The zero-order valence-electron chi connectivity index (χ0n) is 29.2. The van der Waals surface area contributed by atoms with Gasteiger partial charge in [-0.15, -0.1) is 52.0 Å². The number of allylic oxidation sites excluding steroid dienone is 2. The van der Waals surface area contributed by atoms with Crippen LogP contribution in [0.15, 0.2) is 76.7 Å². The van der Waals surface area contributed by atoms with Gasteiger partial charge in [0.1, 0.15) is 5.76 Å². The fraction of sp³-hybridized carbons (Fsp3) is 0.400. The fourth-order valence-corrected chi connectivity index (χ4v) is 8.45. The third kappa shape index (κ3) is 8.13. The first kappa shape index (κ1) is 39.2. The quantitative estimate of drug-likeness (QED) is 0.0658. The number of hydrogen-bond donors (Lipinski definition) is 1. The molecule has 2 aromatic carbocycles. The number of carbonyl (C=O) groups excluding carboxylic acids is 1. The van der Waals surface area contributed by atoms with E-state index in [4.69, 9.17) is 4.98 Å². The Morgan fingerprint density at radius 3 is 2.17 bits per heavy atom. The van der Waals surface area contributed by atoms with Crippen LogP contribution in [-0.4, -0.2) is 15.9 Å². The maximum Gasteiger partial charge on any atom is 0.164 e. The molecule has 0 unspecified atom stereocenters. The minimum absolute atomic E-state index is 0. The Morgan fingerprint density at radius 1 is 0.936 bits per heavy atom. The molecule has 3 heterocycles. The summed E-state index contributed by atoms with van der Waals surface area (Å²) in [5, 5.41) is 18.1. The number of hydrogen-bond acceptors (Lipinski definition) is 6. The van der Waals surface area contributed by atoms with Gasteiger partial charge in [-0.1, -0.05) is 79.9 Å². The normalized spacial score (nSPS) is 12.6. The van der Waals surface area contributed by atoms with Gasteiger partial charge in [0.2, 0.25) is 0 Å². The number of aromatic nitrogens is 1. The summed E-state index contributed by atoms with van der Waals surface area (Å²) in [5.41, 5.74) is 2.81. The van der Waals surface area contributed by atoms with Crippen LogP contribution in [0.2, 0.25) is 0 Å². The van der Waals surface area contributed by atoms with Gasteiger partial charge < -0.3 is 10.1 Å². The average Bonchev–Trinajstić information content (AvgIpc) is 3.69. The number of thioether (sulfide) groups is 1. The SMILES string of the molecule is C=CSc1c[c-]c(-c2nccc3c2sc2c4ccsc4ccc32)cc1C(C)(C)C.CCC(C)(CC)C(=O)/C=C(\O)C(C)(CC)CC.[Ir]. The van der Waals surface area contributed by atoms with E-state index < -0.39 is 0 Å². The van der Waals surface area contributed by atoms with Crippen LogP contribution in [0.3, 0.4) is 0 Å². The molecule has 1 N–H and O–H groups in total. The van der Waals surface area contributed by atoms with Crippen molar-refractivity contribution in [1.82, 2.24) is 4.98 Å². The van der Waals surface area contributed by atoms with Gasteiger partial charge >= 0.3 is 0 Å². The third-order valence-corrected chi connectivity index (χ3v) is 12.7. The van der Waals surface area contributed by atoms with Crippen LogP contribution in [0.5, 0.6) is 0 Å². The van der Waals surface area contributed by atoms with Gasteiger partial charge in [0.25, 0.3) is 0 Å². The third-order valence-electron chi connectivity index (χ3n) is 9.77. The molecule has 0 saturated heterocycles. The zero-order valence-corrected chi connectivity index (χ0v) is 34.0. The molecule has 0 atom stereocenters. The zero-order chi connectivity index (χ0) is 33.9. The van der Waals surface area contributed by atoms with Crippen molar-refractivity contribution < 1.29 is 30.0 Å². The maximum atomic E-state index is 12.2. The Morgan fingerprint density at radius 2 is 1.57 bits per heavy atom. The number of benzene rings is 2. The molecule has 0 saturated carbocycles. The van der Waals surface area contributed by atoms with Gasteiger partial charge in [0, 0.05) is 73.8 Å². The fourth-order valence-electron chi connectivity index (χ4n) is 5.47. The number of nitrogens with zero attached hydrogens (tertiary/aromatic N) is 1. The number of aliphatic hydroxyl groups is 1. The first-order valence-corrected chi connectivity index (χ1v) is 18.8. The standard InChI is InChI=1S/C25H20NS3.C15H28O2.Ir/c1-5-27-21-8-6-15(14-19(21)25(2,3)4)22-24-17(10-12-26-22)16-7-9-20-18(11-13-28-20)23(16)29-24;1-7-14(5,8-2)12(16)11-13(17)15(6,9-3)10-4;/h5,7-14H,1H2,2-4H3;11,16H,7-10H2,1-6H3;/q-1;;/b;12-11-;. The van der Waals surface area contributed by atoms with Crippen LogP contribution in [0.1, 0.15) is 93.6 Å². The molecular formula is C40H48IrNO2S3-. The Labute approximate surface area is 307 Å². The minimum Gasteiger partial charge on any atom is -0.512 e. The van der Waals surface area contributed by atoms with Crippen LogP contribution in [0, 0.1) is 16.9 Å².